The van der Waals surface area contributed by atoms with Crippen LogP contribution in [0.2, 0.25) is 0 Å². The molecule has 9 rings (SSSR count). The molecule has 14 nitrogen and oxygen atoms in total. The molecule has 5 heterocycles. The van der Waals surface area contributed by atoms with Crippen LogP contribution in [0.25, 0.3) is 0 Å². The quantitative estimate of drug-likeness (QED) is 0.381. The molecule has 4 fully saturated rings. The van der Waals surface area contributed by atoms with Gasteiger partial charge in [-0.05, 0) is 70.9 Å². The Morgan fingerprint density at radius 2 is 1.51 bits per heavy atom. The van der Waals surface area contributed by atoms with Crippen molar-refractivity contribution in [3.63, 3.8) is 0 Å². The number of aromatic hydroxyl groups is 1. The lowest BCUT2D eigenvalue weighted by Gasteiger charge is -2.49. The molecule has 0 amide bonds. The van der Waals surface area contributed by atoms with Gasteiger partial charge in [-0.3, -0.25) is 24.0 Å². The molecule has 4 saturated heterocycles. The molecular weight excluding hydrogens is 740 g/mol. The zero-order valence-corrected chi connectivity index (χ0v) is 32.4. The van der Waals surface area contributed by atoms with Crippen LogP contribution in [0.1, 0.15) is 126 Å². The number of phenolic OH excluding ortho intramolecular Hbond substituents is 1. The Morgan fingerprint density at radius 3 is 2.28 bits per heavy atom. The topological polar surface area (TPSA) is 179 Å². The van der Waals surface area contributed by atoms with Crippen LogP contribution < -0.4 is 0 Å². The van der Waals surface area contributed by atoms with Crippen LogP contribution in [0, 0.1) is 0 Å². The summed E-state index contributed by atoms with van der Waals surface area (Å²) in [6.45, 7) is 8.91. The largest absolute Gasteiger partial charge is 0.507 e. The molecule has 0 spiro atoms. The summed E-state index contributed by atoms with van der Waals surface area (Å²) in [5.74, 6) is -1.96. The van der Waals surface area contributed by atoms with Gasteiger partial charge in [0, 0.05) is 59.9 Å². The van der Waals surface area contributed by atoms with E-state index < -0.39 is 78.8 Å². The maximum Gasteiger partial charge on any atom is 0.198 e. The third-order valence-corrected chi connectivity index (χ3v) is 12.4. The molecule has 2 aromatic rings. The van der Waals surface area contributed by atoms with Crippen molar-refractivity contribution >= 4 is 28.9 Å². The van der Waals surface area contributed by atoms with Crippen molar-refractivity contribution in [1.82, 2.24) is 0 Å². The Bertz CT molecular complexity index is 2090. The van der Waals surface area contributed by atoms with Gasteiger partial charge in [-0.25, -0.2) is 0 Å². The molecule has 0 aromatic heterocycles. The molecule has 0 bridgehead atoms. The third kappa shape index (κ3) is 6.73. The van der Waals surface area contributed by atoms with E-state index in [1.165, 1.54) is 12.1 Å². The van der Waals surface area contributed by atoms with Gasteiger partial charge in [0.05, 0.1) is 41.7 Å². The van der Waals surface area contributed by atoms with Crippen LogP contribution in [-0.4, -0.2) is 107 Å². The Balaban J connectivity index is 0.902. The van der Waals surface area contributed by atoms with Gasteiger partial charge in [-0.2, -0.15) is 0 Å². The monoisotopic (exact) mass is 786 g/mol. The van der Waals surface area contributed by atoms with E-state index in [4.69, 9.17) is 37.9 Å². The summed E-state index contributed by atoms with van der Waals surface area (Å²) in [6.07, 6.45) is -1.61. The molecule has 7 aliphatic rings. The average Bonchev–Trinajstić information content (AvgIpc) is 3.15. The molecule has 302 valence electrons. The first-order valence-electron chi connectivity index (χ1n) is 19.8. The highest BCUT2D eigenvalue weighted by Crippen LogP contribution is 2.46. The van der Waals surface area contributed by atoms with Crippen molar-refractivity contribution in [1.29, 1.82) is 0 Å². The van der Waals surface area contributed by atoms with E-state index >= 15 is 0 Å². The van der Waals surface area contributed by atoms with Gasteiger partial charge in [0.25, 0.3) is 0 Å². The summed E-state index contributed by atoms with van der Waals surface area (Å²) in [4.78, 5) is 66.5. The Kier molecular flexibility index (Phi) is 9.72. The number of ketones is 5. The highest BCUT2D eigenvalue weighted by Gasteiger charge is 2.51. The summed E-state index contributed by atoms with van der Waals surface area (Å²) in [6, 6.07) is 6.31. The minimum atomic E-state index is -0.948. The zero-order chi connectivity index (χ0) is 40.1. The maximum absolute atomic E-state index is 14.2. The van der Waals surface area contributed by atoms with E-state index in [1.54, 1.807) is 38.1 Å². The lowest BCUT2D eigenvalue weighted by Crippen LogP contribution is -2.60. The standard InChI is InChI=1S/C43H46O14/c1-18-26(44)10-12-33(51-18)55-29-11-13-34(52-20(29)3)57-43(5)16-22-6-7-24-36(35(22)28(46)17-43)39(48)25-9-8-23(38(47)37(25)40(24)49)30-15-31-41(21(4)50-30)56-42-32(54-31)14-27(45)19(2)53-42/h6-10,12,18-21,29-34,41-42,47H,11,13-17H2,1-5H3/t18-,19-,20-,21-,29-,30?,31?,32?,33-,34-,41?,42?,43+/m0/s1. The fraction of sp³-hybridized carbons (Fsp3) is 0.558. The number of benzene rings is 2. The molecule has 13 atom stereocenters. The number of hydrogen-bond acceptors (Lipinski definition) is 14. The molecule has 0 saturated carbocycles. The number of Topliss-reactive ketones (excluding diaryl/α,β-unsaturated/α-hetero) is 2. The summed E-state index contributed by atoms with van der Waals surface area (Å²) < 4.78 is 49.0. The second-order valence-corrected chi connectivity index (χ2v) is 16.6. The van der Waals surface area contributed by atoms with Gasteiger partial charge < -0.3 is 43.0 Å². The third-order valence-electron chi connectivity index (χ3n) is 12.4. The van der Waals surface area contributed by atoms with Gasteiger partial charge in [0.2, 0.25) is 0 Å². The summed E-state index contributed by atoms with van der Waals surface area (Å²) >= 11 is 0. The van der Waals surface area contributed by atoms with E-state index in [-0.39, 0.29) is 82.4 Å². The van der Waals surface area contributed by atoms with Crippen molar-refractivity contribution in [2.75, 3.05) is 0 Å². The number of rotatable bonds is 5. The molecule has 2 aromatic carbocycles. The van der Waals surface area contributed by atoms with Crippen LogP contribution in [0.5, 0.6) is 5.75 Å². The molecule has 2 aliphatic carbocycles. The van der Waals surface area contributed by atoms with E-state index in [9.17, 15) is 29.1 Å². The SMILES string of the molecule is C[C@@H]1O[C@@H](O[C@H]2CC[C@H](O[C@@]3(C)CC(=O)c4c(ccc5c4C(=O)c4ccc(C6CC7OC8CC(=O)[C@H](C)OC8OC7[C@H](C)O6)c(O)c4C5=O)C3)O[C@H]2C)C=CC1=O. The Labute approximate surface area is 329 Å². The van der Waals surface area contributed by atoms with Crippen LogP contribution in [-0.2, 0) is 53.9 Å². The lowest BCUT2D eigenvalue weighted by atomic mass is 9.73. The number of carbonyl (C=O) groups is 5. The number of carbonyl (C=O) groups excluding carboxylic acids is 5. The van der Waals surface area contributed by atoms with Crippen LogP contribution in [0.15, 0.2) is 36.4 Å². The highest BCUT2D eigenvalue weighted by molar-refractivity contribution is 6.32. The van der Waals surface area contributed by atoms with Gasteiger partial charge in [0.1, 0.15) is 30.2 Å². The summed E-state index contributed by atoms with van der Waals surface area (Å²) in [7, 11) is 0. The first-order chi connectivity index (χ1) is 27.2. The molecule has 14 heteroatoms. The predicted molar refractivity (Wildman–Crippen MR) is 196 cm³/mol. The average molecular weight is 787 g/mol. The van der Waals surface area contributed by atoms with Gasteiger partial charge >= 0.3 is 0 Å². The number of hydrogen-bond donors (Lipinski definition) is 1. The molecule has 5 aliphatic heterocycles. The Morgan fingerprint density at radius 1 is 0.754 bits per heavy atom. The fourth-order valence-corrected chi connectivity index (χ4v) is 9.46. The number of fused-ring (bicyclic) bond motifs is 6. The van der Waals surface area contributed by atoms with Crippen LogP contribution in [0.3, 0.4) is 0 Å². The molecule has 5 unspecified atom stereocenters. The fourth-order valence-electron chi connectivity index (χ4n) is 9.46. The van der Waals surface area contributed by atoms with E-state index in [0.29, 0.717) is 30.4 Å². The predicted octanol–water partition coefficient (Wildman–Crippen LogP) is 4.56. The molecule has 57 heavy (non-hydrogen) atoms. The minimum absolute atomic E-state index is 0.00453. The van der Waals surface area contributed by atoms with Crippen molar-refractivity contribution < 1.29 is 67.0 Å². The summed E-state index contributed by atoms with van der Waals surface area (Å²) in [5.41, 5.74) is 0.108. The molecule has 0 radical (unpaired) electrons. The summed E-state index contributed by atoms with van der Waals surface area (Å²) in [5, 5.41) is 11.7. The highest BCUT2D eigenvalue weighted by atomic mass is 16.7. The lowest BCUT2D eigenvalue weighted by molar-refractivity contribution is -0.347. The van der Waals surface area contributed by atoms with Crippen LogP contribution >= 0.6 is 0 Å². The van der Waals surface area contributed by atoms with Gasteiger partial charge in [-0.15, -0.1) is 0 Å². The van der Waals surface area contributed by atoms with Gasteiger partial charge in [-0.1, -0.05) is 12.1 Å². The minimum Gasteiger partial charge on any atom is -0.507 e. The zero-order valence-electron chi connectivity index (χ0n) is 32.4. The normalized spacial score (nSPS) is 38.9. The maximum atomic E-state index is 14.2. The Hall–Kier alpha value is -3.99. The second-order valence-electron chi connectivity index (χ2n) is 16.6. The number of phenols is 1. The first kappa shape index (κ1) is 38.5. The van der Waals surface area contributed by atoms with Crippen LogP contribution in [0.4, 0.5) is 0 Å². The van der Waals surface area contributed by atoms with Crippen molar-refractivity contribution in [2.24, 2.45) is 0 Å². The molecular formula is C43H46O14. The van der Waals surface area contributed by atoms with E-state index in [0.717, 1.165) is 0 Å². The number of ether oxygens (including phenoxy) is 8. The van der Waals surface area contributed by atoms with Crippen molar-refractivity contribution in [3.05, 3.63) is 75.4 Å². The van der Waals surface area contributed by atoms with E-state index in [1.807, 2.05) is 20.8 Å². The second kappa shape index (κ2) is 14.4. The smallest absolute Gasteiger partial charge is 0.198 e. The van der Waals surface area contributed by atoms with Gasteiger partial charge in [0.15, 0.2) is 47.8 Å². The molecule has 1 N–H and O–H groups in total. The van der Waals surface area contributed by atoms with E-state index in [2.05, 4.69) is 0 Å². The van der Waals surface area contributed by atoms with Crippen molar-refractivity contribution in [2.45, 2.75) is 153 Å². The first-order valence-corrected chi connectivity index (χ1v) is 19.8. The van der Waals surface area contributed by atoms with Crippen molar-refractivity contribution in [3.8, 4) is 5.75 Å².